The molecule has 2 aromatic carbocycles. The molecule has 4 nitrogen and oxygen atoms in total. The van der Waals surface area contributed by atoms with Crippen molar-refractivity contribution in [3.8, 4) is 0 Å². The second-order valence-corrected chi connectivity index (χ2v) is 5.70. The predicted octanol–water partition coefficient (Wildman–Crippen LogP) is 3.75. The van der Waals surface area contributed by atoms with Gasteiger partial charge in [-0.1, -0.05) is 35.9 Å². The fraction of sp³-hybridized carbons (Fsp3) is 0.235. The van der Waals surface area contributed by atoms with Gasteiger partial charge in [0, 0.05) is 17.3 Å². The molecule has 2 aromatic rings. The highest BCUT2D eigenvalue weighted by Crippen LogP contribution is 2.22. The number of benzene rings is 2. The van der Waals surface area contributed by atoms with Crippen LogP contribution in [0.1, 0.15) is 22.0 Å². The highest BCUT2D eigenvalue weighted by atomic mass is 35.5. The van der Waals surface area contributed by atoms with E-state index in [-0.39, 0.29) is 11.6 Å². The molecule has 1 atom stereocenters. The Kier molecular flexibility index (Phi) is 5.41. The van der Waals surface area contributed by atoms with Gasteiger partial charge in [0.05, 0.1) is 11.6 Å². The number of nitrogens with zero attached hydrogens (tertiary/aromatic N) is 1. The van der Waals surface area contributed by atoms with E-state index in [0.29, 0.717) is 17.3 Å². The number of rotatable bonds is 6. The van der Waals surface area contributed by atoms with Crippen molar-refractivity contribution in [3.63, 3.8) is 0 Å². The summed E-state index contributed by atoms with van der Waals surface area (Å²) in [4.78, 5) is 13.3. The minimum Gasteiger partial charge on any atom is -0.478 e. The van der Waals surface area contributed by atoms with E-state index < -0.39 is 5.97 Å². The molecule has 0 radical (unpaired) electrons. The van der Waals surface area contributed by atoms with Crippen LogP contribution in [0.3, 0.4) is 0 Å². The Labute approximate surface area is 135 Å². The van der Waals surface area contributed by atoms with Gasteiger partial charge in [-0.25, -0.2) is 4.79 Å². The molecule has 0 saturated heterocycles. The summed E-state index contributed by atoms with van der Waals surface area (Å²) in [5.41, 5.74) is 2.02. The maximum atomic E-state index is 11.2. The second kappa shape index (κ2) is 7.29. The first-order chi connectivity index (χ1) is 10.5. The molecular formula is C17H19ClN2O2. The van der Waals surface area contributed by atoms with E-state index in [4.69, 9.17) is 11.6 Å². The normalized spacial score (nSPS) is 12.2. The molecule has 0 aliphatic carbocycles. The van der Waals surface area contributed by atoms with E-state index in [1.54, 1.807) is 18.2 Å². The smallest absolute Gasteiger partial charge is 0.337 e. The van der Waals surface area contributed by atoms with Crippen LogP contribution in [0.2, 0.25) is 5.02 Å². The number of halogens is 1. The van der Waals surface area contributed by atoms with Crippen molar-refractivity contribution in [3.05, 3.63) is 64.7 Å². The van der Waals surface area contributed by atoms with Gasteiger partial charge in [-0.15, -0.1) is 0 Å². The van der Waals surface area contributed by atoms with Gasteiger partial charge in [0.15, 0.2) is 0 Å². The molecule has 0 amide bonds. The molecule has 2 N–H and O–H groups in total. The number of carboxylic acid groups (broad SMARTS) is 1. The van der Waals surface area contributed by atoms with Crippen LogP contribution in [0.15, 0.2) is 48.5 Å². The summed E-state index contributed by atoms with van der Waals surface area (Å²) in [7, 11) is 3.98. The number of aromatic carboxylic acids is 1. The molecular weight excluding hydrogens is 300 g/mol. The number of anilines is 1. The van der Waals surface area contributed by atoms with Crippen molar-refractivity contribution < 1.29 is 9.90 Å². The van der Waals surface area contributed by atoms with Gasteiger partial charge in [-0.2, -0.15) is 0 Å². The van der Waals surface area contributed by atoms with E-state index in [1.165, 1.54) is 0 Å². The number of carboxylic acids is 1. The summed E-state index contributed by atoms with van der Waals surface area (Å²) >= 11 is 5.93. The third-order valence-electron chi connectivity index (χ3n) is 3.52. The zero-order chi connectivity index (χ0) is 16.1. The summed E-state index contributed by atoms with van der Waals surface area (Å²) in [6.07, 6.45) is 0. The zero-order valence-corrected chi connectivity index (χ0v) is 13.3. The van der Waals surface area contributed by atoms with Crippen molar-refractivity contribution in [2.24, 2.45) is 0 Å². The Morgan fingerprint density at radius 2 is 1.82 bits per heavy atom. The minimum atomic E-state index is -0.934. The molecule has 2 rings (SSSR count). The molecule has 116 valence electrons. The van der Waals surface area contributed by atoms with Crippen molar-refractivity contribution in [1.29, 1.82) is 0 Å². The first kappa shape index (κ1) is 16.3. The van der Waals surface area contributed by atoms with Gasteiger partial charge in [0.1, 0.15) is 0 Å². The molecule has 0 aromatic heterocycles. The van der Waals surface area contributed by atoms with Crippen LogP contribution in [0, 0.1) is 0 Å². The fourth-order valence-corrected chi connectivity index (χ4v) is 2.44. The standard InChI is InChI=1S/C17H19ClN2O2/c1-20(2)16(12-7-9-13(18)10-8-12)11-19-15-6-4-3-5-14(15)17(21)22/h3-10,16,19H,11H2,1-2H3,(H,21,22). The third kappa shape index (κ3) is 4.00. The van der Waals surface area contributed by atoms with Crippen molar-refractivity contribution >= 4 is 23.3 Å². The molecule has 0 aliphatic heterocycles. The topological polar surface area (TPSA) is 52.6 Å². The number of likely N-dealkylation sites (N-methyl/N-ethyl adjacent to an activating group) is 1. The average Bonchev–Trinajstić information content (AvgIpc) is 2.49. The Bertz CT molecular complexity index is 641. The summed E-state index contributed by atoms with van der Waals surface area (Å²) in [6, 6.07) is 14.7. The van der Waals surface area contributed by atoms with E-state index in [2.05, 4.69) is 10.2 Å². The van der Waals surface area contributed by atoms with Crippen molar-refractivity contribution in [2.45, 2.75) is 6.04 Å². The first-order valence-electron chi connectivity index (χ1n) is 6.97. The Balaban J connectivity index is 2.16. The van der Waals surface area contributed by atoms with Crippen LogP contribution >= 0.6 is 11.6 Å². The SMILES string of the molecule is CN(C)C(CNc1ccccc1C(=O)O)c1ccc(Cl)cc1. The highest BCUT2D eigenvalue weighted by molar-refractivity contribution is 6.30. The van der Waals surface area contributed by atoms with Crippen LogP contribution < -0.4 is 5.32 Å². The van der Waals surface area contributed by atoms with Crippen LogP contribution in [0.5, 0.6) is 0 Å². The number of nitrogens with one attached hydrogen (secondary N) is 1. The fourth-order valence-electron chi connectivity index (χ4n) is 2.31. The molecule has 1 unspecified atom stereocenters. The lowest BCUT2D eigenvalue weighted by molar-refractivity contribution is 0.0698. The molecule has 5 heteroatoms. The number of para-hydroxylation sites is 1. The lowest BCUT2D eigenvalue weighted by atomic mass is 10.1. The maximum absolute atomic E-state index is 11.2. The van der Waals surface area contributed by atoms with Gasteiger partial charge in [-0.3, -0.25) is 0 Å². The van der Waals surface area contributed by atoms with Crippen LogP contribution in [0.25, 0.3) is 0 Å². The summed E-state index contributed by atoms with van der Waals surface area (Å²) in [5, 5.41) is 13.2. The highest BCUT2D eigenvalue weighted by Gasteiger charge is 2.15. The minimum absolute atomic E-state index is 0.110. The molecule has 0 aliphatic rings. The Hall–Kier alpha value is -2.04. The van der Waals surface area contributed by atoms with Gasteiger partial charge < -0.3 is 15.3 Å². The quantitative estimate of drug-likeness (QED) is 0.851. The van der Waals surface area contributed by atoms with Crippen molar-refractivity contribution in [1.82, 2.24) is 4.90 Å². The largest absolute Gasteiger partial charge is 0.478 e. The monoisotopic (exact) mass is 318 g/mol. The predicted molar refractivity (Wildman–Crippen MR) is 89.8 cm³/mol. The van der Waals surface area contributed by atoms with Crippen molar-refractivity contribution in [2.75, 3.05) is 26.0 Å². The zero-order valence-electron chi connectivity index (χ0n) is 12.6. The Morgan fingerprint density at radius 3 is 2.41 bits per heavy atom. The van der Waals surface area contributed by atoms with E-state index in [1.807, 2.05) is 44.4 Å². The van der Waals surface area contributed by atoms with E-state index in [9.17, 15) is 9.90 Å². The summed E-state index contributed by atoms with van der Waals surface area (Å²) in [5.74, 6) is -0.934. The van der Waals surface area contributed by atoms with Gasteiger partial charge in [0.2, 0.25) is 0 Å². The van der Waals surface area contributed by atoms with Crippen LogP contribution in [0.4, 0.5) is 5.69 Å². The van der Waals surface area contributed by atoms with Crippen LogP contribution in [-0.4, -0.2) is 36.6 Å². The molecule has 0 heterocycles. The lowest BCUT2D eigenvalue weighted by Crippen LogP contribution is -2.27. The molecule has 0 fully saturated rings. The number of carbonyl (C=O) groups is 1. The maximum Gasteiger partial charge on any atom is 0.337 e. The molecule has 0 bridgehead atoms. The molecule has 22 heavy (non-hydrogen) atoms. The second-order valence-electron chi connectivity index (χ2n) is 5.26. The third-order valence-corrected chi connectivity index (χ3v) is 3.77. The van der Waals surface area contributed by atoms with Gasteiger partial charge in [0.25, 0.3) is 0 Å². The summed E-state index contributed by atoms with van der Waals surface area (Å²) in [6.45, 7) is 0.596. The Morgan fingerprint density at radius 1 is 1.18 bits per heavy atom. The summed E-state index contributed by atoms with van der Waals surface area (Å²) < 4.78 is 0. The van der Waals surface area contributed by atoms with Crippen LogP contribution in [-0.2, 0) is 0 Å². The number of hydrogen-bond donors (Lipinski definition) is 2. The lowest BCUT2D eigenvalue weighted by Gasteiger charge is -2.26. The molecule has 0 spiro atoms. The van der Waals surface area contributed by atoms with Gasteiger partial charge >= 0.3 is 5.97 Å². The average molecular weight is 319 g/mol. The van der Waals surface area contributed by atoms with Gasteiger partial charge in [-0.05, 0) is 43.9 Å². The van der Waals surface area contributed by atoms with E-state index >= 15 is 0 Å². The van der Waals surface area contributed by atoms with E-state index in [0.717, 1.165) is 5.56 Å². The molecule has 0 saturated carbocycles. The first-order valence-corrected chi connectivity index (χ1v) is 7.35. The number of hydrogen-bond acceptors (Lipinski definition) is 3.